The highest BCUT2D eigenvalue weighted by molar-refractivity contribution is 9.11. The van der Waals surface area contributed by atoms with E-state index in [-0.39, 0.29) is 0 Å². The number of methoxy groups -OCH3 is 1. The lowest BCUT2D eigenvalue weighted by molar-refractivity contribution is 0.303. The van der Waals surface area contributed by atoms with Crippen LogP contribution < -0.4 is 15.2 Å². The van der Waals surface area contributed by atoms with Gasteiger partial charge in [0.25, 0.3) is 0 Å². The first-order valence-electron chi connectivity index (χ1n) is 5.55. The second kappa shape index (κ2) is 7.95. The molecule has 1 rings (SSSR count). The number of nitrogens with two attached hydrogens (primary N) is 1. The molecule has 0 fully saturated rings. The van der Waals surface area contributed by atoms with E-state index in [1.54, 1.807) is 7.11 Å². The maximum absolute atomic E-state index is 5.69. The molecule has 0 aliphatic heterocycles. The molecule has 1 aromatic rings. The van der Waals surface area contributed by atoms with Gasteiger partial charge in [-0.25, -0.2) is 0 Å². The van der Waals surface area contributed by atoms with E-state index < -0.39 is 0 Å². The smallest absolute Gasteiger partial charge is 0.134 e. The average Bonchev–Trinajstić information content (AvgIpc) is 2.32. The van der Waals surface area contributed by atoms with Crippen molar-refractivity contribution in [2.24, 2.45) is 5.73 Å². The Morgan fingerprint density at radius 1 is 1.06 bits per heavy atom. The number of halogens is 2. The number of benzene rings is 1. The van der Waals surface area contributed by atoms with Crippen LogP contribution in [0.25, 0.3) is 0 Å². The van der Waals surface area contributed by atoms with Crippen molar-refractivity contribution in [2.45, 2.75) is 19.3 Å². The Morgan fingerprint density at radius 2 is 1.71 bits per heavy atom. The molecule has 0 aliphatic rings. The lowest BCUT2D eigenvalue weighted by Gasteiger charge is -2.11. The first-order valence-corrected chi connectivity index (χ1v) is 7.13. The van der Waals surface area contributed by atoms with Crippen LogP contribution in [0.2, 0.25) is 0 Å². The first-order chi connectivity index (χ1) is 8.19. The Morgan fingerprint density at radius 3 is 2.35 bits per heavy atom. The largest absolute Gasteiger partial charge is 0.496 e. The molecule has 0 atom stereocenters. The molecular weight excluding hydrogens is 350 g/mol. The van der Waals surface area contributed by atoms with Gasteiger partial charge in [-0.2, -0.15) is 0 Å². The van der Waals surface area contributed by atoms with Crippen LogP contribution in [0, 0.1) is 0 Å². The lowest BCUT2D eigenvalue weighted by atomic mass is 10.2. The van der Waals surface area contributed by atoms with Crippen LogP contribution in [0.4, 0.5) is 0 Å². The van der Waals surface area contributed by atoms with Crippen LogP contribution in [-0.4, -0.2) is 20.3 Å². The Balaban J connectivity index is 2.51. The fourth-order valence-corrected chi connectivity index (χ4v) is 2.30. The number of hydrogen-bond donors (Lipinski definition) is 1. The van der Waals surface area contributed by atoms with E-state index >= 15 is 0 Å². The van der Waals surface area contributed by atoms with Crippen molar-refractivity contribution in [1.82, 2.24) is 0 Å². The van der Waals surface area contributed by atoms with Crippen LogP contribution in [0.1, 0.15) is 19.3 Å². The first kappa shape index (κ1) is 14.8. The fourth-order valence-electron chi connectivity index (χ4n) is 1.38. The Bertz CT molecular complexity index is 359. The molecule has 1 aromatic carbocycles. The van der Waals surface area contributed by atoms with Gasteiger partial charge in [-0.1, -0.05) is 0 Å². The van der Waals surface area contributed by atoms with E-state index in [1.165, 1.54) is 0 Å². The molecule has 5 heteroatoms. The highest BCUT2D eigenvalue weighted by atomic mass is 79.9. The molecule has 96 valence electrons. The minimum atomic E-state index is 0.706. The standard InChI is InChI=1S/C12H17Br2NO2/c1-16-11-7-10(14)12(8-9(11)13)17-6-4-2-3-5-15/h7-8H,2-6,15H2,1H3. The van der Waals surface area contributed by atoms with Crippen molar-refractivity contribution < 1.29 is 9.47 Å². The summed E-state index contributed by atoms with van der Waals surface area (Å²) in [7, 11) is 1.64. The van der Waals surface area contributed by atoms with Gasteiger partial charge < -0.3 is 15.2 Å². The van der Waals surface area contributed by atoms with Crippen molar-refractivity contribution >= 4 is 31.9 Å². The molecule has 0 heterocycles. The maximum Gasteiger partial charge on any atom is 0.134 e. The summed E-state index contributed by atoms with van der Waals surface area (Å²) in [6.07, 6.45) is 3.18. The number of unbranched alkanes of at least 4 members (excludes halogenated alkanes) is 2. The summed E-state index contributed by atoms with van der Waals surface area (Å²) in [6.45, 7) is 1.45. The zero-order chi connectivity index (χ0) is 12.7. The van der Waals surface area contributed by atoms with Gasteiger partial charge in [-0.15, -0.1) is 0 Å². The molecule has 0 saturated heterocycles. The van der Waals surface area contributed by atoms with Crippen molar-refractivity contribution in [3.8, 4) is 11.5 Å². The number of rotatable bonds is 7. The summed E-state index contributed by atoms with van der Waals surface area (Å²) in [5.41, 5.74) is 5.43. The zero-order valence-electron chi connectivity index (χ0n) is 9.84. The van der Waals surface area contributed by atoms with Crippen LogP contribution in [0.3, 0.4) is 0 Å². The minimum Gasteiger partial charge on any atom is -0.496 e. The van der Waals surface area contributed by atoms with Gasteiger partial charge in [0.05, 0.1) is 22.7 Å². The van der Waals surface area contributed by atoms with Crippen molar-refractivity contribution in [2.75, 3.05) is 20.3 Å². The van der Waals surface area contributed by atoms with Crippen LogP contribution >= 0.6 is 31.9 Å². The SMILES string of the molecule is COc1cc(Br)c(OCCCCCN)cc1Br. The maximum atomic E-state index is 5.69. The lowest BCUT2D eigenvalue weighted by Crippen LogP contribution is -2.02. The highest BCUT2D eigenvalue weighted by Crippen LogP contribution is 2.36. The van der Waals surface area contributed by atoms with Crippen molar-refractivity contribution in [1.29, 1.82) is 0 Å². The highest BCUT2D eigenvalue weighted by Gasteiger charge is 2.07. The van der Waals surface area contributed by atoms with Gasteiger partial charge >= 0.3 is 0 Å². The van der Waals surface area contributed by atoms with E-state index in [0.717, 1.165) is 46.3 Å². The van der Waals surface area contributed by atoms with E-state index in [4.69, 9.17) is 15.2 Å². The van der Waals surface area contributed by atoms with E-state index in [1.807, 2.05) is 12.1 Å². The molecule has 0 radical (unpaired) electrons. The molecule has 3 nitrogen and oxygen atoms in total. The summed E-state index contributed by atoms with van der Waals surface area (Å²) >= 11 is 6.89. The fraction of sp³-hybridized carbons (Fsp3) is 0.500. The van der Waals surface area contributed by atoms with Crippen molar-refractivity contribution in [3.63, 3.8) is 0 Å². The van der Waals surface area contributed by atoms with Gasteiger partial charge in [-0.05, 0) is 69.8 Å². The summed E-state index contributed by atoms with van der Waals surface area (Å²) in [5.74, 6) is 1.61. The predicted molar refractivity (Wildman–Crippen MR) is 76.8 cm³/mol. The second-order valence-corrected chi connectivity index (χ2v) is 5.32. The molecule has 0 unspecified atom stereocenters. The molecule has 0 spiro atoms. The zero-order valence-corrected chi connectivity index (χ0v) is 13.0. The van der Waals surface area contributed by atoms with Gasteiger partial charge in [0.15, 0.2) is 0 Å². The van der Waals surface area contributed by atoms with Crippen molar-refractivity contribution in [3.05, 3.63) is 21.1 Å². The Kier molecular flexibility index (Phi) is 6.92. The van der Waals surface area contributed by atoms with E-state index in [2.05, 4.69) is 31.9 Å². The number of ether oxygens (including phenoxy) is 2. The molecule has 0 amide bonds. The molecule has 17 heavy (non-hydrogen) atoms. The summed E-state index contributed by atoms with van der Waals surface area (Å²) < 4.78 is 12.7. The third kappa shape index (κ3) is 4.85. The molecule has 0 aliphatic carbocycles. The number of hydrogen-bond acceptors (Lipinski definition) is 3. The van der Waals surface area contributed by atoms with Gasteiger partial charge in [-0.3, -0.25) is 0 Å². The molecule has 0 saturated carbocycles. The Hall–Kier alpha value is -0.260. The van der Waals surface area contributed by atoms with E-state index in [0.29, 0.717) is 6.61 Å². The monoisotopic (exact) mass is 365 g/mol. The van der Waals surface area contributed by atoms with E-state index in [9.17, 15) is 0 Å². The summed E-state index contributed by atoms with van der Waals surface area (Å²) in [6, 6.07) is 3.80. The van der Waals surface area contributed by atoms with Gasteiger partial charge in [0.1, 0.15) is 11.5 Å². The predicted octanol–water partition coefficient (Wildman–Crippen LogP) is 3.73. The average molecular weight is 367 g/mol. The van der Waals surface area contributed by atoms with Gasteiger partial charge in [0.2, 0.25) is 0 Å². The quantitative estimate of drug-likeness (QED) is 0.748. The van der Waals surface area contributed by atoms with Crippen LogP contribution in [0.15, 0.2) is 21.1 Å². The molecule has 0 bridgehead atoms. The van der Waals surface area contributed by atoms with Gasteiger partial charge in [0, 0.05) is 0 Å². The normalized spacial score (nSPS) is 10.4. The summed E-state index contributed by atoms with van der Waals surface area (Å²) in [5, 5.41) is 0. The second-order valence-electron chi connectivity index (χ2n) is 3.61. The summed E-state index contributed by atoms with van der Waals surface area (Å²) in [4.78, 5) is 0. The molecule has 0 aromatic heterocycles. The molecular formula is C12H17Br2NO2. The Labute approximate surface area is 119 Å². The van der Waals surface area contributed by atoms with Crippen LogP contribution in [-0.2, 0) is 0 Å². The van der Waals surface area contributed by atoms with Crippen LogP contribution in [0.5, 0.6) is 11.5 Å². The minimum absolute atomic E-state index is 0.706. The third-order valence-electron chi connectivity index (χ3n) is 2.31. The third-order valence-corrected chi connectivity index (χ3v) is 3.55. The molecule has 2 N–H and O–H groups in total. The topological polar surface area (TPSA) is 44.5 Å².